The van der Waals surface area contributed by atoms with E-state index < -0.39 is 5.97 Å². The van der Waals surface area contributed by atoms with Crippen LogP contribution in [0.15, 0.2) is 5.16 Å². The third kappa shape index (κ3) is 7.23. The molecule has 0 aliphatic heterocycles. The molecule has 100 valence electrons. The van der Waals surface area contributed by atoms with E-state index in [2.05, 4.69) is 9.99 Å². The Kier molecular flexibility index (Phi) is 9.95. The molecule has 1 unspecified atom stereocenters. The van der Waals surface area contributed by atoms with Crippen molar-refractivity contribution in [2.45, 2.75) is 26.0 Å². The highest BCUT2D eigenvalue weighted by atomic mass is 32.2. The van der Waals surface area contributed by atoms with Crippen LogP contribution in [0, 0.1) is 0 Å². The fraction of sp³-hybridized carbons (Fsp3) is 0.818. The Hall–Kier alpha value is -0.750. The van der Waals surface area contributed by atoms with Gasteiger partial charge in [-0.3, -0.25) is 0 Å². The molecule has 0 amide bonds. The summed E-state index contributed by atoms with van der Waals surface area (Å²) in [5, 5.41) is 3.65. The van der Waals surface area contributed by atoms with Crippen LogP contribution in [0.4, 0.5) is 0 Å². The van der Waals surface area contributed by atoms with Gasteiger partial charge in [0.25, 0.3) is 0 Å². The minimum Gasteiger partial charge on any atom is -0.461 e. The summed E-state index contributed by atoms with van der Waals surface area (Å²) in [6.45, 7) is 7.30. The molecule has 1 atom stereocenters. The van der Waals surface area contributed by atoms with Crippen molar-refractivity contribution in [2.24, 2.45) is 5.16 Å². The summed E-state index contributed by atoms with van der Waals surface area (Å²) in [5.74, 6) is 0.378. The first-order valence-corrected chi connectivity index (χ1v) is 6.69. The van der Waals surface area contributed by atoms with Crippen LogP contribution in [0.5, 0.6) is 0 Å². The quantitative estimate of drug-likeness (QED) is 0.274. The molecule has 0 aromatic heterocycles. The molecule has 5 nitrogen and oxygen atoms in total. The highest BCUT2D eigenvalue weighted by Crippen LogP contribution is 2.13. The molecule has 0 aromatic rings. The van der Waals surface area contributed by atoms with E-state index in [1.54, 1.807) is 18.7 Å². The van der Waals surface area contributed by atoms with Crippen LogP contribution in [0.3, 0.4) is 0 Å². The number of nitrogens with zero attached hydrogens (tertiary/aromatic N) is 1. The molecular formula is C11H21NO4S. The Balaban J connectivity index is 4.20. The lowest BCUT2D eigenvalue weighted by molar-refractivity contribution is -0.135. The second-order valence-corrected chi connectivity index (χ2v) is 4.54. The highest BCUT2D eigenvalue weighted by molar-refractivity contribution is 8.00. The Labute approximate surface area is 107 Å². The van der Waals surface area contributed by atoms with Crippen LogP contribution in [0.1, 0.15) is 20.8 Å². The Morgan fingerprint density at radius 3 is 2.59 bits per heavy atom. The number of oxime groups is 1. The van der Waals surface area contributed by atoms with Crippen LogP contribution in [0.2, 0.25) is 0 Å². The van der Waals surface area contributed by atoms with E-state index in [1.807, 2.05) is 13.8 Å². The number of carbonyl (C=O) groups is 1. The van der Waals surface area contributed by atoms with E-state index in [1.165, 1.54) is 7.11 Å². The first-order chi connectivity index (χ1) is 8.17. The molecule has 0 rings (SSSR count). The van der Waals surface area contributed by atoms with E-state index in [0.29, 0.717) is 25.5 Å². The van der Waals surface area contributed by atoms with Gasteiger partial charge in [-0.2, -0.15) is 0 Å². The van der Waals surface area contributed by atoms with Gasteiger partial charge in [-0.15, -0.1) is 11.8 Å². The zero-order chi connectivity index (χ0) is 13.1. The van der Waals surface area contributed by atoms with Crippen molar-refractivity contribution in [1.82, 2.24) is 0 Å². The average Bonchev–Trinajstić information content (AvgIpc) is 2.31. The number of carbonyl (C=O) groups excluding carboxylic acids is 1. The first kappa shape index (κ1) is 16.2. The van der Waals surface area contributed by atoms with Crippen LogP contribution < -0.4 is 0 Å². The number of ether oxygens (including phenoxy) is 2. The maximum Gasteiger partial charge on any atom is 0.357 e. The molecule has 0 aromatic carbocycles. The van der Waals surface area contributed by atoms with Crippen LogP contribution in [-0.2, 0) is 19.1 Å². The van der Waals surface area contributed by atoms with E-state index in [-0.39, 0.29) is 5.25 Å². The zero-order valence-corrected chi connectivity index (χ0v) is 11.7. The van der Waals surface area contributed by atoms with Crippen molar-refractivity contribution >= 4 is 23.4 Å². The van der Waals surface area contributed by atoms with Crippen molar-refractivity contribution in [3.05, 3.63) is 0 Å². The largest absolute Gasteiger partial charge is 0.461 e. The minimum atomic E-state index is -0.425. The monoisotopic (exact) mass is 263 g/mol. The average molecular weight is 263 g/mol. The second-order valence-electron chi connectivity index (χ2n) is 3.09. The lowest BCUT2D eigenvalue weighted by Gasteiger charge is -2.12. The molecule has 0 fully saturated rings. The highest BCUT2D eigenvalue weighted by Gasteiger charge is 2.21. The Morgan fingerprint density at radius 2 is 2.06 bits per heavy atom. The lowest BCUT2D eigenvalue weighted by atomic mass is 10.3. The summed E-state index contributed by atoms with van der Waals surface area (Å²) in [4.78, 5) is 16.2. The molecule has 6 heteroatoms. The Bertz CT molecular complexity index is 246. The van der Waals surface area contributed by atoms with Gasteiger partial charge in [0, 0.05) is 12.4 Å². The molecule has 0 saturated heterocycles. The fourth-order valence-electron chi connectivity index (χ4n) is 1.09. The summed E-state index contributed by atoms with van der Waals surface area (Å²) in [5.41, 5.74) is 0.302. The topological polar surface area (TPSA) is 57.1 Å². The number of hydrogen-bond acceptors (Lipinski definition) is 6. The molecular weight excluding hydrogens is 242 g/mol. The predicted molar refractivity (Wildman–Crippen MR) is 69.5 cm³/mol. The van der Waals surface area contributed by atoms with E-state index in [4.69, 9.17) is 9.47 Å². The zero-order valence-electron chi connectivity index (χ0n) is 10.9. The van der Waals surface area contributed by atoms with Gasteiger partial charge in [0.2, 0.25) is 0 Å². The lowest BCUT2D eigenvalue weighted by Crippen LogP contribution is -2.27. The fourth-order valence-corrected chi connectivity index (χ4v) is 1.95. The molecule has 0 spiro atoms. The molecule has 0 aliphatic rings. The van der Waals surface area contributed by atoms with Gasteiger partial charge in [0.1, 0.15) is 7.11 Å². The van der Waals surface area contributed by atoms with E-state index >= 15 is 0 Å². The van der Waals surface area contributed by atoms with Crippen molar-refractivity contribution in [2.75, 3.05) is 32.7 Å². The van der Waals surface area contributed by atoms with Gasteiger partial charge < -0.3 is 14.3 Å². The summed E-state index contributed by atoms with van der Waals surface area (Å²) in [7, 11) is 1.41. The minimum absolute atomic E-state index is 0.0746. The molecule has 17 heavy (non-hydrogen) atoms. The number of rotatable bonds is 9. The molecule has 0 saturated carbocycles. The molecule has 0 aliphatic carbocycles. The second kappa shape index (κ2) is 10.4. The summed E-state index contributed by atoms with van der Waals surface area (Å²) in [6, 6.07) is 0. The summed E-state index contributed by atoms with van der Waals surface area (Å²) < 4.78 is 10.1. The van der Waals surface area contributed by atoms with Gasteiger partial charge >= 0.3 is 5.97 Å². The first-order valence-electron chi connectivity index (χ1n) is 5.64. The number of thioether (sulfide) groups is 1. The molecule has 0 N–H and O–H groups in total. The molecule has 0 radical (unpaired) electrons. The van der Waals surface area contributed by atoms with Crippen molar-refractivity contribution in [1.29, 1.82) is 0 Å². The van der Waals surface area contributed by atoms with E-state index in [0.717, 1.165) is 5.75 Å². The molecule has 0 heterocycles. The standard InChI is InChI=1S/C11H21NO4S/c1-5-15-7-8-17-9(3)10(12-14-4)11(13)16-6-2/h9H,5-8H2,1-4H3. The predicted octanol–water partition coefficient (Wildman–Crippen LogP) is 1.71. The Morgan fingerprint density at radius 1 is 1.35 bits per heavy atom. The van der Waals surface area contributed by atoms with Crippen LogP contribution in [0.25, 0.3) is 0 Å². The third-order valence-corrected chi connectivity index (χ3v) is 2.98. The number of hydrogen-bond donors (Lipinski definition) is 0. The summed E-state index contributed by atoms with van der Waals surface area (Å²) in [6.07, 6.45) is 0. The maximum absolute atomic E-state index is 11.6. The SMILES string of the molecule is CCOCCSC(C)C(=NOC)C(=O)OCC. The van der Waals surface area contributed by atoms with Gasteiger partial charge in [-0.25, -0.2) is 4.79 Å². The third-order valence-electron chi connectivity index (χ3n) is 1.86. The van der Waals surface area contributed by atoms with Crippen molar-refractivity contribution in [3.8, 4) is 0 Å². The normalized spacial score (nSPS) is 13.3. The maximum atomic E-state index is 11.6. The molecule has 0 bridgehead atoms. The number of esters is 1. The van der Waals surface area contributed by atoms with Crippen molar-refractivity contribution in [3.63, 3.8) is 0 Å². The van der Waals surface area contributed by atoms with Gasteiger partial charge in [-0.05, 0) is 20.8 Å². The van der Waals surface area contributed by atoms with Crippen LogP contribution in [-0.4, -0.2) is 49.6 Å². The van der Waals surface area contributed by atoms with Crippen molar-refractivity contribution < 1.29 is 19.1 Å². The smallest absolute Gasteiger partial charge is 0.357 e. The van der Waals surface area contributed by atoms with E-state index in [9.17, 15) is 4.79 Å². The van der Waals surface area contributed by atoms with Crippen LogP contribution >= 0.6 is 11.8 Å². The van der Waals surface area contributed by atoms with Gasteiger partial charge in [0.15, 0.2) is 5.71 Å². The van der Waals surface area contributed by atoms with Gasteiger partial charge in [0.05, 0.1) is 18.5 Å². The summed E-state index contributed by atoms with van der Waals surface area (Å²) >= 11 is 1.58. The van der Waals surface area contributed by atoms with Gasteiger partial charge in [-0.1, -0.05) is 5.16 Å².